The molecule has 2 aliphatic rings. The van der Waals surface area contributed by atoms with Crippen LogP contribution < -0.4 is 5.73 Å². The van der Waals surface area contributed by atoms with Crippen LogP contribution in [0.5, 0.6) is 0 Å². The third kappa shape index (κ3) is 2.17. The zero-order valence-electron chi connectivity index (χ0n) is 12.0. The summed E-state index contributed by atoms with van der Waals surface area (Å²) in [5, 5.41) is 0.998. The van der Waals surface area contributed by atoms with Gasteiger partial charge < -0.3 is 15.6 Å². The van der Waals surface area contributed by atoms with E-state index in [1.54, 1.807) is 0 Å². The summed E-state index contributed by atoms with van der Waals surface area (Å²) in [6.45, 7) is 3.88. The fourth-order valence-corrected chi connectivity index (χ4v) is 3.61. The average molecular weight is 284 g/mol. The number of nitrogen functional groups attached to an aromatic ring is 1. The van der Waals surface area contributed by atoms with Crippen molar-refractivity contribution in [3.8, 4) is 0 Å². The zero-order chi connectivity index (χ0) is 14.4. The topological polar surface area (TPSA) is 65.4 Å². The van der Waals surface area contributed by atoms with Crippen LogP contribution in [0.4, 0.5) is 5.69 Å². The van der Waals surface area contributed by atoms with Crippen LogP contribution in [0.2, 0.25) is 0 Å². The first-order chi connectivity index (χ1) is 10.2. The Morgan fingerprint density at radius 1 is 1.24 bits per heavy atom. The molecule has 1 unspecified atom stereocenters. The largest absolute Gasteiger partial charge is 0.399 e. The molecule has 2 fully saturated rings. The van der Waals surface area contributed by atoms with Crippen molar-refractivity contribution in [3.05, 3.63) is 30.0 Å². The standard InChI is InChI=1S/C16H20N4O/c17-12-3-4-14-11(8-12)9-15(18-14)16(21)20-7-6-19-5-1-2-13(19)10-20/h3-4,8-9,13,18H,1-2,5-7,10,17H2. The molecule has 0 spiro atoms. The number of nitrogens with zero attached hydrogens (tertiary/aromatic N) is 2. The number of carbonyl (C=O) groups excluding carboxylic acids is 1. The van der Waals surface area contributed by atoms with E-state index in [1.807, 2.05) is 29.2 Å². The van der Waals surface area contributed by atoms with Crippen molar-refractivity contribution in [1.82, 2.24) is 14.8 Å². The number of amides is 1. The molecule has 1 aromatic carbocycles. The van der Waals surface area contributed by atoms with E-state index < -0.39 is 0 Å². The van der Waals surface area contributed by atoms with E-state index in [0.29, 0.717) is 11.7 Å². The van der Waals surface area contributed by atoms with E-state index in [0.717, 1.165) is 36.2 Å². The Labute approximate surface area is 123 Å². The van der Waals surface area contributed by atoms with E-state index >= 15 is 0 Å². The molecule has 2 aromatic rings. The second-order valence-corrected chi connectivity index (χ2v) is 6.11. The smallest absolute Gasteiger partial charge is 0.270 e. The van der Waals surface area contributed by atoms with Gasteiger partial charge in [-0.2, -0.15) is 0 Å². The first kappa shape index (κ1) is 12.7. The summed E-state index contributed by atoms with van der Waals surface area (Å²) in [5.74, 6) is 0.108. The van der Waals surface area contributed by atoms with Gasteiger partial charge in [-0.25, -0.2) is 0 Å². The number of hydrogen-bond acceptors (Lipinski definition) is 3. The van der Waals surface area contributed by atoms with Gasteiger partial charge in [0.05, 0.1) is 0 Å². The van der Waals surface area contributed by atoms with Gasteiger partial charge in [-0.15, -0.1) is 0 Å². The number of nitrogens with two attached hydrogens (primary N) is 1. The van der Waals surface area contributed by atoms with Crippen LogP contribution in [0.1, 0.15) is 23.3 Å². The number of benzene rings is 1. The SMILES string of the molecule is Nc1ccc2[nH]c(C(=O)N3CCN4CCCC4C3)cc2c1. The van der Waals surface area contributed by atoms with Crippen LogP contribution in [0.15, 0.2) is 24.3 Å². The molecule has 3 N–H and O–H groups in total. The van der Waals surface area contributed by atoms with Gasteiger partial charge in [0.2, 0.25) is 0 Å². The lowest BCUT2D eigenvalue weighted by molar-refractivity contribution is 0.0566. The number of H-pyrrole nitrogens is 1. The highest BCUT2D eigenvalue weighted by molar-refractivity contribution is 5.98. The minimum absolute atomic E-state index is 0.108. The lowest BCUT2D eigenvalue weighted by Crippen LogP contribution is -2.52. The summed E-state index contributed by atoms with van der Waals surface area (Å²) in [6.07, 6.45) is 2.48. The highest BCUT2D eigenvalue weighted by Gasteiger charge is 2.33. The van der Waals surface area contributed by atoms with Gasteiger partial charge in [0.1, 0.15) is 5.69 Å². The number of anilines is 1. The first-order valence-corrected chi connectivity index (χ1v) is 7.62. The van der Waals surface area contributed by atoms with Crippen molar-refractivity contribution in [2.24, 2.45) is 0 Å². The Morgan fingerprint density at radius 3 is 3.05 bits per heavy atom. The number of hydrogen-bond donors (Lipinski definition) is 2. The highest BCUT2D eigenvalue weighted by Crippen LogP contribution is 2.24. The van der Waals surface area contributed by atoms with Gasteiger partial charge >= 0.3 is 0 Å². The highest BCUT2D eigenvalue weighted by atomic mass is 16.2. The molecule has 3 heterocycles. The van der Waals surface area contributed by atoms with Gasteiger partial charge in [0, 0.05) is 42.3 Å². The summed E-state index contributed by atoms with van der Waals surface area (Å²) >= 11 is 0. The van der Waals surface area contributed by atoms with Crippen LogP contribution in [0, 0.1) is 0 Å². The maximum Gasteiger partial charge on any atom is 0.270 e. The Hall–Kier alpha value is -2.01. The van der Waals surface area contributed by atoms with Crippen molar-refractivity contribution < 1.29 is 4.79 Å². The fraction of sp³-hybridized carbons (Fsp3) is 0.438. The van der Waals surface area contributed by atoms with E-state index in [4.69, 9.17) is 5.73 Å². The van der Waals surface area contributed by atoms with Gasteiger partial charge in [-0.1, -0.05) is 0 Å². The quantitative estimate of drug-likeness (QED) is 0.783. The zero-order valence-corrected chi connectivity index (χ0v) is 12.0. The van der Waals surface area contributed by atoms with Gasteiger partial charge in [0.15, 0.2) is 0 Å². The molecule has 1 amide bonds. The second-order valence-electron chi connectivity index (χ2n) is 6.11. The van der Waals surface area contributed by atoms with Gasteiger partial charge in [-0.05, 0) is 43.7 Å². The average Bonchev–Trinajstić information content (AvgIpc) is 3.11. The van der Waals surface area contributed by atoms with Crippen molar-refractivity contribution in [2.45, 2.75) is 18.9 Å². The number of aromatic amines is 1. The molecule has 21 heavy (non-hydrogen) atoms. The van der Waals surface area contributed by atoms with Gasteiger partial charge in [-0.3, -0.25) is 9.69 Å². The summed E-state index contributed by atoms with van der Waals surface area (Å²) in [7, 11) is 0. The van der Waals surface area contributed by atoms with E-state index in [2.05, 4.69) is 9.88 Å². The van der Waals surface area contributed by atoms with Crippen molar-refractivity contribution in [2.75, 3.05) is 31.9 Å². The monoisotopic (exact) mass is 284 g/mol. The Balaban J connectivity index is 1.58. The van der Waals surface area contributed by atoms with Gasteiger partial charge in [0.25, 0.3) is 5.91 Å². The van der Waals surface area contributed by atoms with Crippen LogP contribution in [-0.2, 0) is 0 Å². The molecule has 4 rings (SSSR count). The van der Waals surface area contributed by atoms with Crippen LogP contribution >= 0.6 is 0 Å². The molecule has 0 saturated carbocycles. The molecule has 2 saturated heterocycles. The number of piperazine rings is 1. The molecule has 110 valence electrons. The number of rotatable bonds is 1. The van der Waals surface area contributed by atoms with Crippen molar-refractivity contribution >= 4 is 22.5 Å². The molecule has 0 radical (unpaired) electrons. The first-order valence-electron chi connectivity index (χ1n) is 7.62. The second kappa shape index (κ2) is 4.77. The molecule has 2 aliphatic heterocycles. The molecule has 1 aromatic heterocycles. The summed E-state index contributed by atoms with van der Waals surface area (Å²) in [5.41, 5.74) is 8.15. The fourth-order valence-electron chi connectivity index (χ4n) is 3.61. The Bertz CT molecular complexity index is 693. The molecule has 0 aliphatic carbocycles. The van der Waals surface area contributed by atoms with Crippen molar-refractivity contribution in [1.29, 1.82) is 0 Å². The Kier molecular flexibility index (Phi) is 2.89. The maximum absolute atomic E-state index is 12.7. The van der Waals surface area contributed by atoms with Crippen LogP contribution in [0.25, 0.3) is 10.9 Å². The number of fused-ring (bicyclic) bond motifs is 2. The number of carbonyl (C=O) groups is 1. The molecular weight excluding hydrogens is 264 g/mol. The third-order valence-corrected chi connectivity index (χ3v) is 4.75. The predicted octanol–water partition coefficient (Wildman–Crippen LogP) is 1.67. The normalized spacial score (nSPS) is 22.7. The van der Waals surface area contributed by atoms with Crippen molar-refractivity contribution in [3.63, 3.8) is 0 Å². The summed E-state index contributed by atoms with van der Waals surface area (Å²) < 4.78 is 0. The minimum Gasteiger partial charge on any atom is -0.399 e. The lowest BCUT2D eigenvalue weighted by Gasteiger charge is -2.37. The Morgan fingerprint density at radius 2 is 2.14 bits per heavy atom. The van der Waals surface area contributed by atoms with Crippen LogP contribution in [0.3, 0.4) is 0 Å². The molecule has 0 bridgehead atoms. The minimum atomic E-state index is 0.108. The molecular formula is C16H20N4O. The predicted molar refractivity (Wildman–Crippen MR) is 83.2 cm³/mol. The van der Waals surface area contributed by atoms with Crippen LogP contribution in [-0.4, -0.2) is 52.9 Å². The number of aromatic nitrogens is 1. The molecule has 5 heteroatoms. The molecule has 5 nitrogen and oxygen atoms in total. The van der Waals surface area contributed by atoms with E-state index in [-0.39, 0.29) is 5.91 Å². The lowest BCUT2D eigenvalue weighted by atomic mass is 10.1. The molecule has 1 atom stereocenters. The summed E-state index contributed by atoms with van der Waals surface area (Å²) in [6, 6.07) is 8.15. The van der Waals surface area contributed by atoms with E-state index in [1.165, 1.54) is 19.4 Å². The van der Waals surface area contributed by atoms with E-state index in [9.17, 15) is 4.79 Å². The summed E-state index contributed by atoms with van der Waals surface area (Å²) in [4.78, 5) is 20.4. The third-order valence-electron chi connectivity index (χ3n) is 4.75. The maximum atomic E-state index is 12.7. The number of nitrogens with one attached hydrogen (secondary N) is 1.